The maximum absolute atomic E-state index is 13.4. The first kappa shape index (κ1) is 23.4. The lowest BCUT2D eigenvalue weighted by molar-refractivity contribution is 0.0633. The Bertz CT molecular complexity index is 1040. The quantitative estimate of drug-likeness (QED) is 0.636. The van der Waals surface area contributed by atoms with Gasteiger partial charge >= 0.3 is 0 Å². The summed E-state index contributed by atoms with van der Waals surface area (Å²) in [6.45, 7) is 5.93. The average Bonchev–Trinajstić information content (AvgIpc) is 2.93. The predicted octanol–water partition coefficient (Wildman–Crippen LogP) is 3.87. The Labute approximate surface area is 187 Å². The fourth-order valence-corrected chi connectivity index (χ4v) is 3.96. The number of amides is 1. The summed E-state index contributed by atoms with van der Waals surface area (Å²) in [6, 6.07) is 9.59. The van der Waals surface area contributed by atoms with Crippen molar-refractivity contribution in [3.05, 3.63) is 57.9 Å². The first-order chi connectivity index (χ1) is 13.0. The topological polar surface area (TPSA) is 63.1 Å². The molecule has 1 atom stereocenters. The molecule has 0 saturated carbocycles. The molecule has 29 heavy (non-hydrogen) atoms. The minimum absolute atomic E-state index is 0. The minimum atomic E-state index is -0.0601. The highest BCUT2D eigenvalue weighted by atomic mass is 35.5. The summed E-state index contributed by atoms with van der Waals surface area (Å²) < 4.78 is 1.76. The van der Waals surface area contributed by atoms with E-state index in [0.717, 1.165) is 34.5 Å². The van der Waals surface area contributed by atoms with Crippen LogP contribution in [0.4, 0.5) is 0 Å². The van der Waals surface area contributed by atoms with Gasteiger partial charge in [0.1, 0.15) is 0 Å². The number of hydrogen-bond donors (Lipinski definition) is 1. The number of pyridine rings is 1. The number of aryl methyl sites for hydroxylation is 3. The standard InChI is InChI=1S/C20H22ClN5O.2ClH/c1-12-17(10-16-13(2)24-25(3)19(16)23-12)20(27)26-8-7-22-11-18(26)14-5-4-6-15(21)9-14;;/h4-6,9-10,18,22H,7-8,11H2,1-3H3;2*1H. The fraction of sp³-hybridized carbons (Fsp3) is 0.350. The second kappa shape index (κ2) is 9.30. The Morgan fingerprint density at radius 2 is 1.97 bits per heavy atom. The van der Waals surface area contributed by atoms with Crippen LogP contribution < -0.4 is 5.32 Å². The van der Waals surface area contributed by atoms with Gasteiger partial charge in [0.05, 0.1) is 23.0 Å². The Hall–Kier alpha value is -1.86. The van der Waals surface area contributed by atoms with Gasteiger partial charge in [0, 0.05) is 37.1 Å². The zero-order valence-electron chi connectivity index (χ0n) is 16.5. The summed E-state index contributed by atoms with van der Waals surface area (Å²) in [5.41, 5.74) is 4.06. The average molecular weight is 457 g/mol. The summed E-state index contributed by atoms with van der Waals surface area (Å²) in [5.74, 6) is -0.00312. The molecular weight excluding hydrogens is 433 g/mol. The van der Waals surface area contributed by atoms with Crippen LogP contribution in [-0.4, -0.2) is 45.2 Å². The van der Waals surface area contributed by atoms with E-state index < -0.39 is 0 Å². The zero-order valence-corrected chi connectivity index (χ0v) is 18.9. The number of carbonyl (C=O) groups is 1. The molecule has 3 heterocycles. The van der Waals surface area contributed by atoms with Crippen molar-refractivity contribution in [3.63, 3.8) is 0 Å². The van der Waals surface area contributed by atoms with Crippen LogP contribution in [0.3, 0.4) is 0 Å². The highest BCUT2D eigenvalue weighted by molar-refractivity contribution is 6.30. The van der Waals surface area contributed by atoms with Gasteiger partial charge < -0.3 is 10.2 Å². The van der Waals surface area contributed by atoms with E-state index in [1.54, 1.807) is 4.68 Å². The molecule has 6 nitrogen and oxygen atoms in total. The molecule has 4 rings (SSSR count). The summed E-state index contributed by atoms with van der Waals surface area (Å²) in [5, 5.41) is 9.40. The first-order valence-electron chi connectivity index (χ1n) is 9.04. The van der Waals surface area contributed by atoms with E-state index in [2.05, 4.69) is 15.4 Å². The van der Waals surface area contributed by atoms with Crippen LogP contribution in [0.25, 0.3) is 11.0 Å². The minimum Gasteiger partial charge on any atom is -0.329 e. The molecule has 1 aromatic carbocycles. The van der Waals surface area contributed by atoms with Gasteiger partial charge in [-0.1, -0.05) is 23.7 Å². The van der Waals surface area contributed by atoms with Crippen molar-refractivity contribution < 1.29 is 4.79 Å². The number of fused-ring (bicyclic) bond motifs is 1. The van der Waals surface area contributed by atoms with Gasteiger partial charge in [0.15, 0.2) is 5.65 Å². The van der Waals surface area contributed by atoms with Crippen LogP contribution in [0.1, 0.15) is 33.4 Å². The van der Waals surface area contributed by atoms with Crippen LogP contribution in [-0.2, 0) is 7.05 Å². The van der Waals surface area contributed by atoms with E-state index in [-0.39, 0.29) is 36.8 Å². The van der Waals surface area contributed by atoms with E-state index in [9.17, 15) is 4.79 Å². The maximum atomic E-state index is 13.4. The molecular formula is C20H24Cl3N5O. The normalized spacial score (nSPS) is 16.3. The van der Waals surface area contributed by atoms with Crippen molar-refractivity contribution in [1.82, 2.24) is 25.0 Å². The van der Waals surface area contributed by atoms with Gasteiger partial charge in [0.25, 0.3) is 5.91 Å². The maximum Gasteiger partial charge on any atom is 0.256 e. The highest BCUT2D eigenvalue weighted by Gasteiger charge is 2.30. The van der Waals surface area contributed by atoms with Gasteiger partial charge in [-0.15, -0.1) is 24.8 Å². The van der Waals surface area contributed by atoms with Crippen molar-refractivity contribution in [2.75, 3.05) is 19.6 Å². The third-order valence-electron chi connectivity index (χ3n) is 5.16. The van der Waals surface area contributed by atoms with Crippen molar-refractivity contribution in [1.29, 1.82) is 0 Å². The summed E-state index contributed by atoms with van der Waals surface area (Å²) in [6.07, 6.45) is 0. The number of carbonyl (C=O) groups excluding carboxylic acids is 1. The zero-order chi connectivity index (χ0) is 19.1. The Kier molecular flexibility index (Phi) is 7.51. The van der Waals surface area contributed by atoms with Crippen LogP contribution >= 0.6 is 36.4 Å². The van der Waals surface area contributed by atoms with Crippen molar-refractivity contribution >= 4 is 53.4 Å². The molecule has 1 aliphatic heterocycles. The molecule has 1 amide bonds. The molecule has 1 unspecified atom stereocenters. The number of benzene rings is 1. The van der Waals surface area contributed by atoms with Crippen LogP contribution in [0, 0.1) is 13.8 Å². The molecule has 2 aromatic heterocycles. The van der Waals surface area contributed by atoms with Crippen molar-refractivity contribution in [2.24, 2.45) is 7.05 Å². The second-order valence-corrected chi connectivity index (χ2v) is 7.41. The second-order valence-electron chi connectivity index (χ2n) is 6.97. The molecule has 1 fully saturated rings. The number of halogens is 3. The Morgan fingerprint density at radius 1 is 1.21 bits per heavy atom. The lowest BCUT2D eigenvalue weighted by Gasteiger charge is -2.37. The largest absolute Gasteiger partial charge is 0.329 e. The molecule has 3 aromatic rings. The van der Waals surface area contributed by atoms with E-state index in [0.29, 0.717) is 23.7 Å². The number of nitrogens with one attached hydrogen (secondary N) is 1. The van der Waals surface area contributed by atoms with E-state index >= 15 is 0 Å². The Morgan fingerprint density at radius 3 is 2.69 bits per heavy atom. The SMILES string of the molecule is Cc1nc2c(cc1C(=O)N1CCNCC1c1cccc(Cl)c1)c(C)nn2C.Cl.Cl. The Balaban J connectivity index is 0.00000150. The first-order valence-corrected chi connectivity index (χ1v) is 9.41. The lowest BCUT2D eigenvalue weighted by Crippen LogP contribution is -2.48. The molecule has 156 valence electrons. The predicted molar refractivity (Wildman–Crippen MR) is 121 cm³/mol. The van der Waals surface area contributed by atoms with Crippen LogP contribution in [0.15, 0.2) is 30.3 Å². The lowest BCUT2D eigenvalue weighted by atomic mass is 10.0. The van der Waals surface area contributed by atoms with Gasteiger partial charge in [-0.25, -0.2) is 4.98 Å². The van der Waals surface area contributed by atoms with Crippen molar-refractivity contribution in [2.45, 2.75) is 19.9 Å². The fourth-order valence-electron chi connectivity index (χ4n) is 3.76. The number of nitrogens with zero attached hydrogens (tertiary/aromatic N) is 4. The molecule has 1 N–H and O–H groups in total. The molecule has 1 saturated heterocycles. The van der Waals surface area contributed by atoms with Crippen LogP contribution in [0.5, 0.6) is 0 Å². The number of hydrogen-bond acceptors (Lipinski definition) is 4. The van der Waals surface area contributed by atoms with Gasteiger partial charge in [-0.3, -0.25) is 9.48 Å². The third kappa shape index (κ3) is 4.36. The molecule has 1 aliphatic rings. The van der Waals surface area contributed by atoms with Crippen LogP contribution in [0.2, 0.25) is 5.02 Å². The van der Waals surface area contributed by atoms with Gasteiger partial charge in [-0.05, 0) is 37.6 Å². The number of piperazine rings is 1. The molecule has 0 bridgehead atoms. The smallest absolute Gasteiger partial charge is 0.256 e. The highest BCUT2D eigenvalue weighted by Crippen LogP contribution is 2.28. The van der Waals surface area contributed by atoms with Gasteiger partial charge in [0.2, 0.25) is 0 Å². The molecule has 0 aliphatic carbocycles. The molecule has 0 radical (unpaired) electrons. The van der Waals surface area contributed by atoms with Gasteiger partial charge in [-0.2, -0.15) is 5.10 Å². The molecule has 9 heteroatoms. The molecule has 0 spiro atoms. The summed E-state index contributed by atoms with van der Waals surface area (Å²) >= 11 is 6.18. The summed E-state index contributed by atoms with van der Waals surface area (Å²) in [7, 11) is 1.87. The monoisotopic (exact) mass is 455 g/mol. The van der Waals surface area contributed by atoms with E-state index in [1.165, 1.54) is 0 Å². The summed E-state index contributed by atoms with van der Waals surface area (Å²) in [4.78, 5) is 20.0. The van der Waals surface area contributed by atoms with E-state index in [4.69, 9.17) is 11.6 Å². The van der Waals surface area contributed by atoms with E-state index in [1.807, 2.05) is 56.1 Å². The number of rotatable bonds is 2. The number of aromatic nitrogens is 3. The third-order valence-corrected chi connectivity index (χ3v) is 5.39. The van der Waals surface area contributed by atoms with Crippen molar-refractivity contribution in [3.8, 4) is 0 Å².